The number of hydrogen-bond acceptors (Lipinski definition) is 4. The number of benzene rings is 1. The average Bonchev–Trinajstić information content (AvgIpc) is 2.86. The van der Waals surface area contributed by atoms with Crippen LogP contribution in [0.2, 0.25) is 0 Å². The molecule has 0 aliphatic heterocycles. The summed E-state index contributed by atoms with van der Waals surface area (Å²) >= 11 is 0. The second kappa shape index (κ2) is 5.17. The summed E-state index contributed by atoms with van der Waals surface area (Å²) in [6.07, 6.45) is 1.38. The first-order valence-corrected chi connectivity index (χ1v) is 6.07. The molecule has 1 aromatic heterocycles. The fourth-order valence-electron chi connectivity index (χ4n) is 1.79. The minimum absolute atomic E-state index is 0.580. The Balaban J connectivity index is 2.15. The van der Waals surface area contributed by atoms with Gasteiger partial charge in [-0.3, -0.25) is 0 Å². The summed E-state index contributed by atoms with van der Waals surface area (Å²) in [7, 11) is 0. The van der Waals surface area contributed by atoms with Crippen molar-refractivity contribution >= 4 is 5.97 Å². The highest BCUT2D eigenvalue weighted by atomic mass is 16.4. The Morgan fingerprint density at radius 1 is 1.26 bits per heavy atom. The van der Waals surface area contributed by atoms with Crippen LogP contribution in [0.1, 0.15) is 25.2 Å². The molecule has 0 saturated heterocycles. The third-order valence-corrected chi connectivity index (χ3v) is 3.07. The predicted molar refractivity (Wildman–Crippen MR) is 68.6 cm³/mol. The molecule has 0 radical (unpaired) electrons. The summed E-state index contributed by atoms with van der Waals surface area (Å²) in [6.45, 7) is 3.16. The van der Waals surface area contributed by atoms with Crippen molar-refractivity contribution in [2.45, 2.75) is 32.2 Å². The van der Waals surface area contributed by atoms with Gasteiger partial charge in [-0.2, -0.15) is 0 Å². The van der Waals surface area contributed by atoms with Crippen molar-refractivity contribution in [3.05, 3.63) is 41.7 Å². The third-order valence-electron chi connectivity index (χ3n) is 3.07. The lowest BCUT2D eigenvalue weighted by molar-refractivity contribution is -0.146. The molecule has 1 aromatic carbocycles. The van der Waals surface area contributed by atoms with E-state index >= 15 is 0 Å². The molecule has 2 aromatic rings. The minimum atomic E-state index is -1.14. The molecule has 0 aliphatic carbocycles. The second-order valence-corrected chi connectivity index (χ2v) is 4.86. The quantitative estimate of drug-likeness (QED) is 0.875. The minimum Gasteiger partial charge on any atom is -0.479 e. The zero-order chi connectivity index (χ0) is 13.9. The fraction of sp³-hybridized carbons (Fsp3) is 0.385. The first-order chi connectivity index (χ1) is 9.01. The number of aliphatic carboxylic acids is 1. The van der Waals surface area contributed by atoms with Crippen molar-refractivity contribution in [2.24, 2.45) is 0 Å². The second-order valence-electron chi connectivity index (χ2n) is 4.86. The van der Waals surface area contributed by atoms with Gasteiger partial charge in [0.1, 0.15) is 0 Å². The van der Waals surface area contributed by atoms with Gasteiger partial charge < -0.3 is 5.11 Å². The Hall–Kier alpha value is -2.24. The van der Waals surface area contributed by atoms with Crippen molar-refractivity contribution in [2.75, 3.05) is 0 Å². The molecule has 1 heterocycles. The van der Waals surface area contributed by atoms with Crippen molar-refractivity contribution < 1.29 is 9.90 Å². The summed E-state index contributed by atoms with van der Waals surface area (Å²) in [6, 6.07) is 9.95. The van der Waals surface area contributed by atoms with Crippen LogP contribution in [0.25, 0.3) is 0 Å². The Bertz CT molecular complexity index is 563. The van der Waals surface area contributed by atoms with E-state index in [-0.39, 0.29) is 0 Å². The lowest BCUT2D eigenvalue weighted by atomic mass is 10.1. The van der Waals surface area contributed by atoms with Crippen LogP contribution in [0.5, 0.6) is 0 Å². The van der Waals surface area contributed by atoms with E-state index < -0.39 is 11.5 Å². The lowest BCUT2D eigenvalue weighted by Gasteiger charge is -2.20. The van der Waals surface area contributed by atoms with E-state index in [1.165, 1.54) is 10.2 Å². The molecule has 0 amide bonds. The average molecular weight is 260 g/mol. The maximum Gasteiger partial charge on any atom is 0.331 e. The molecular formula is C13H16N4O2. The number of carboxylic acids is 1. The fourth-order valence-corrected chi connectivity index (χ4v) is 1.79. The SMILES string of the molecule is CC(C)(C(=O)O)n1nnnc1CCc1ccccc1. The highest BCUT2D eigenvalue weighted by molar-refractivity contribution is 5.75. The van der Waals surface area contributed by atoms with Gasteiger partial charge in [-0.15, -0.1) is 5.10 Å². The number of carbonyl (C=O) groups is 1. The largest absolute Gasteiger partial charge is 0.479 e. The molecule has 0 fully saturated rings. The summed E-state index contributed by atoms with van der Waals surface area (Å²) < 4.78 is 1.37. The maximum absolute atomic E-state index is 11.2. The molecular weight excluding hydrogens is 244 g/mol. The van der Waals surface area contributed by atoms with Crippen molar-refractivity contribution in [3.8, 4) is 0 Å². The molecule has 0 bridgehead atoms. The highest BCUT2D eigenvalue weighted by Crippen LogP contribution is 2.16. The van der Waals surface area contributed by atoms with Crippen LogP contribution in [0.15, 0.2) is 30.3 Å². The van der Waals surface area contributed by atoms with Gasteiger partial charge in [0.2, 0.25) is 0 Å². The van der Waals surface area contributed by atoms with E-state index in [0.717, 1.165) is 6.42 Å². The van der Waals surface area contributed by atoms with Crippen LogP contribution in [-0.4, -0.2) is 31.3 Å². The molecule has 100 valence electrons. The molecule has 0 unspecified atom stereocenters. The first kappa shape index (κ1) is 13.2. The monoisotopic (exact) mass is 260 g/mol. The van der Waals surface area contributed by atoms with E-state index in [1.54, 1.807) is 13.8 Å². The molecule has 1 N–H and O–H groups in total. The lowest BCUT2D eigenvalue weighted by Crippen LogP contribution is -2.38. The zero-order valence-electron chi connectivity index (χ0n) is 10.9. The molecule has 6 nitrogen and oxygen atoms in total. The number of nitrogens with zero attached hydrogens (tertiary/aromatic N) is 4. The number of rotatable bonds is 5. The van der Waals surface area contributed by atoms with E-state index in [1.807, 2.05) is 30.3 Å². The molecule has 0 atom stereocenters. The van der Waals surface area contributed by atoms with Gasteiger partial charge in [0, 0.05) is 6.42 Å². The zero-order valence-corrected chi connectivity index (χ0v) is 10.9. The molecule has 0 spiro atoms. The van der Waals surface area contributed by atoms with Crippen LogP contribution < -0.4 is 0 Å². The van der Waals surface area contributed by atoms with Gasteiger partial charge in [0.05, 0.1) is 0 Å². The summed E-state index contributed by atoms with van der Waals surface area (Å²) in [5.41, 5.74) is 0.0281. The Kier molecular flexibility index (Phi) is 3.59. The molecule has 6 heteroatoms. The topological polar surface area (TPSA) is 80.9 Å². The smallest absolute Gasteiger partial charge is 0.331 e. The van der Waals surface area contributed by atoms with Crippen LogP contribution >= 0.6 is 0 Å². The van der Waals surface area contributed by atoms with Crippen LogP contribution in [0.4, 0.5) is 0 Å². The Morgan fingerprint density at radius 2 is 1.95 bits per heavy atom. The van der Waals surface area contributed by atoms with Crippen LogP contribution in [0.3, 0.4) is 0 Å². The van der Waals surface area contributed by atoms with Crippen LogP contribution in [0, 0.1) is 0 Å². The number of aryl methyl sites for hydroxylation is 2. The number of tetrazole rings is 1. The van der Waals surface area contributed by atoms with Gasteiger partial charge in [0.25, 0.3) is 0 Å². The van der Waals surface area contributed by atoms with Crippen molar-refractivity contribution in [3.63, 3.8) is 0 Å². The van der Waals surface area contributed by atoms with E-state index in [4.69, 9.17) is 0 Å². The van der Waals surface area contributed by atoms with Crippen LogP contribution in [-0.2, 0) is 23.2 Å². The van der Waals surface area contributed by atoms with Crippen molar-refractivity contribution in [1.29, 1.82) is 0 Å². The summed E-state index contributed by atoms with van der Waals surface area (Å²) in [4.78, 5) is 11.2. The molecule has 2 rings (SSSR count). The third kappa shape index (κ3) is 2.78. The Labute approximate surface area is 111 Å². The van der Waals surface area contributed by atoms with E-state index in [9.17, 15) is 9.90 Å². The predicted octanol–water partition coefficient (Wildman–Crippen LogP) is 1.28. The van der Waals surface area contributed by atoms with Crippen molar-refractivity contribution in [1.82, 2.24) is 20.2 Å². The standard InChI is InChI=1S/C13H16N4O2/c1-13(2,12(18)19)17-11(14-15-16-17)9-8-10-6-4-3-5-7-10/h3-7H,8-9H2,1-2H3,(H,18,19). The highest BCUT2D eigenvalue weighted by Gasteiger charge is 2.33. The number of hydrogen-bond donors (Lipinski definition) is 1. The molecule has 0 saturated carbocycles. The van der Waals surface area contributed by atoms with Gasteiger partial charge in [0.15, 0.2) is 11.4 Å². The van der Waals surface area contributed by atoms with Gasteiger partial charge in [-0.25, -0.2) is 9.48 Å². The number of carboxylic acid groups (broad SMARTS) is 1. The summed E-state index contributed by atoms with van der Waals surface area (Å²) in [5.74, 6) is -0.378. The van der Waals surface area contributed by atoms with Gasteiger partial charge in [-0.05, 0) is 36.3 Å². The van der Waals surface area contributed by atoms with E-state index in [0.29, 0.717) is 12.2 Å². The molecule has 0 aliphatic rings. The number of aromatic nitrogens is 4. The van der Waals surface area contributed by atoms with E-state index in [2.05, 4.69) is 15.5 Å². The summed E-state index contributed by atoms with van der Waals surface area (Å²) in [5, 5.41) is 20.5. The van der Waals surface area contributed by atoms with Gasteiger partial charge in [-0.1, -0.05) is 30.3 Å². The van der Waals surface area contributed by atoms with Gasteiger partial charge >= 0.3 is 5.97 Å². The first-order valence-electron chi connectivity index (χ1n) is 6.07. The molecule has 19 heavy (non-hydrogen) atoms. The normalized spacial score (nSPS) is 11.5. The Morgan fingerprint density at radius 3 is 2.58 bits per heavy atom. The maximum atomic E-state index is 11.2.